The van der Waals surface area contributed by atoms with Crippen LogP contribution in [0.25, 0.3) is 0 Å². The Labute approximate surface area is 128 Å². The van der Waals surface area contributed by atoms with Crippen LogP contribution in [0.15, 0.2) is 30.6 Å². The van der Waals surface area contributed by atoms with E-state index in [1.807, 2.05) is 19.2 Å². The summed E-state index contributed by atoms with van der Waals surface area (Å²) in [5.41, 5.74) is 1.06. The molecule has 0 aliphatic rings. The number of anilines is 1. The highest BCUT2D eigenvalue weighted by atomic mass is 35.5. The lowest BCUT2D eigenvalue weighted by atomic mass is 10.0. The second-order valence-corrected chi connectivity index (χ2v) is 5.69. The molecule has 0 saturated carbocycles. The average molecular weight is 303 g/mol. The van der Waals surface area contributed by atoms with Crippen molar-refractivity contribution in [3.63, 3.8) is 0 Å². The van der Waals surface area contributed by atoms with Gasteiger partial charge in [0.15, 0.2) is 0 Å². The molecule has 1 N–H and O–H groups in total. The van der Waals surface area contributed by atoms with E-state index in [-0.39, 0.29) is 5.91 Å². The van der Waals surface area contributed by atoms with Gasteiger partial charge in [-0.1, -0.05) is 11.6 Å². The summed E-state index contributed by atoms with van der Waals surface area (Å²) in [5, 5.41) is 16.1. The third-order valence-electron chi connectivity index (χ3n) is 3.19. The number of carbonyl (C=O) groups is 1. The van der Waals surface area contributed by atoms with E-state index in [2.05, 4.69) is 10.4 Å². The van der Waals surface area contributed by atoms with Crippen LogP contribution in [0, 0.1) is 18.3 Å². The molecule has 0 aliphatic heterocycles. The third-order valence-corrected chi connectivity index (χ3v) is 3.50. The van der Waals surface area contributed by atoms with E-state index < -0.39 is 5.54 Å². The minimum Gasteiger partial charge on any atom is -0.324 e. The lowest BCUT2D eigenvalue weighted by molar-refractivity contribution is -0.123. The van der Waals surface area contributed by atoms with E-state index in [9.17, 15) is 4.79 Å². The molecule has 1 heterocycles. The Hall–Kier alpha value is -2.32. The summed E-state index contributed by atoms with van der Waals surface area (Å²) in [6, 6.07) is 6.75. The largest absolute Gasteiger partial charge is 0.324 e. The Bertz CT molecular complexity index is 728. The van der Waals surface area contributed by atoms with E-state index >= 15 is 0 Å². The van der Waals surface area contributed by atoms with Crippen molar-refractivity contribution in [3.8, 4) is 6.07 Å². The fraction of sp³-hybridized carbons (Fsp3) is 0.267. The molecule has 0 bridgehead atoms. The van der Waals surface area contributed by atoms with Gasteiger partial charge in [0.1, 0.15) is 11.6 Å². The van der Waals surface area contributed by atoms with Crippen molar-refractivity contribution in [2.75, 3.05) is 5.32 Å². The van der Waals surface area contributed by atoms with E-state index in [1.165, 1.54) is 0 Å². The van der Waals surface area contributed by atoms with E-state index in [1.54, 1.807) is 42.9 Å². The number of rotatable bonds is 3. The van der Waals surface area contributed by atoms with Gasteiger partial charge < -0.3 is 5.32 Å². The Morgan fingerprint density at radius 2 is 2.19 bits per heavy atom. The molecule has 0 saturated heterocycles. The topological polar surface area (TPSA) is 70.7 Å². The highest BCUT2D eigenvalue weighted by molar-refractivity contribution is 6.32. The molecule has 0 radical (unpaired) electrons. The van der Waals surface area contributed by atoms with Crippen LogP contribution >= 0.6 is 11.6 Å². The molecule has 21 heavy (non-hydrogen) atoms. The van der Waals surface area contributed by atoms with Gasteiger partial charge in [-0.05, 0) is 44.5 Å². The Morgan fingerprint density at radius 3 is 2.71 bits per heavy atom. The van der Waals surface area contributed by atoms with Gasteiger partial charge in [-0.15, -0.1) is 0 Å². The van der Waals surface area contributed by atoms with Crippen molar-refractivity contribution in [1.29, 1.82) is 5.26 Å². The lowest BCUT2D eigenvalue weighted by Gasteiger charge is -2.24. The van der Waals surface area contributed by atoms with Crippen LogP contribution in [0.4, 0.5) is 5.69 Å². The maximum atomic E-state index is 12.4. The number of hydrogen-bond donors (Lipinski definition) is 1. The first-order valence-electron chi connectivity index (χ1n) is 6.37. The highest BCUT2D eigenvalue weighted by Crippen LogP contribution is 2.23. The van der Waals surface area contributed by atoms with E-state index in [0.717, 1.165) is 5.56 Å². The van der Waals surface area contributed by atoms with Crippen molar-refractivity contribution < 1.29 is 4.79 Å². The van der Waals surface area contributed by atoms with Crippen molar-refractivity contribution in [2.45, 2.75) is 26.3 Å². The van der Waals surface area contributed by atoms with Gasteiger partial charge in [-0.2, -0.15) is 10.4 Å². The van der Waals surface area contributed by atoms with Crippen LogP contribution in [-0.4, -0.2) is 15.7 Å². The highest BCUT2D eigenvalue weighted by Gasteiger charge is 2.30. The van der Waals surface area contributed by atoms with Crippen LogP contribution in [0.2, 0.25) is 5.02 Å². The van der Waals surface area contributed by atoms with Gasteiger partial charge in [0, 0.05) is 11.9 Å². The quantitative estimate of drug-likeness (QED) is 0.947. The second kappa shape index (κ2) is 5.58. The predicted octanol–water partition coefficient (Wildman–Crippen LogP) is 3.09. The van der Waals surface area contributed by atoms with Crippen LogP contribution in [-0.2, 0) is 10.3 Å². The van der Waals surface area contributed by atoms with Crippen molar-refractivity contribution in [3.05, 3.63) is 46.7 Å². The lowest BCUT2D eigenvalue weighted by Crippen LogP contribution is -2.40. The molecule has 2 aromatic rings. The molecule has 5 nitrogen and oxygen atoms in total. The molecule has 6 heteroatoms. The van der Waals surface area contributed by atoms with Crippen molar-refractivity contribution in [2.24, 2.45) is 0 Å². The summed E-state index contributed by atoms with van der Waals surface area (Å²) in [7, 11) is 0. The molecule has 1 aromatic heterocycles. The molecule has 0 aliphatic carbocycles. The van der Waals surface area contributed by atoms with Crippen LogP contribution in [0.1, 0.15) is 25.0 Å². The summed E-state index contributed by atoms with van der Waals surface area (Å²) in [5.74, 6) is -0.216. The zero-order chi connectivity index (χ0) is 15.6. The number of nitrogens with zero attached hydrogens (tertiary/aromatic N) is 3. The number of benzene rings is 1. The van der Waals surface area contributed by atoms with Gasteiger partial charge in [0.25, 0.3) is 5.91 Å². The average Bonchev–Trinajstić information content (AvgIpc) is 2.86. The van der Waals surface area contributed by atoms with Gasteiger partial charge in [-0.3, -0.25) is 9.48 Å². The van der Waals surface area contributed by atoms with Crippen LogP contribution < -0.4 is 5.32 Å². The van der Waals surface area contributed by atoms with E-state index in [4.69, 9.17) is 16.9 Å². The van der Waals surface area contributed by atoms with Crippen molar-refractivity contribution >= 4 is 23.2 Å². The number of aromatic nitrogens is 2. The normalized spacial score (nSPS) is 11.0. The van der Waals surface area contributed by atoms with Gasteiger partial charge in [-0.25, -0.2) is 0 Å². The van der Waals surface area contributed by atoms with Crippen molar-refractivity contribution in [1.82, 2.24) is 9.78 Å². The molecule has 1 aromatic carbocycles. The summed E-state index contributed by atoms with van der Waals surface area (Å²) >= 11 is 5.96. The third kappa shape index (κ3) is 3.06. The predicted molar refractivity (Wildman–Crippen MR) is 81.1 cm³/mol. The Balaban J connectivity index is 2.21. The monoisotopic (exact) mass is 302 g/mol. The number of nitrogens with one attached hydrogen (secondary N) is 1. The summed E-state index contributed by atoms with van der Waals surface area (Å²) in [6.45, 7) is 5.47. The van der Waals surface area contributed by atoms with Gasteiger partial charge in [0.2, 0.25) is 0 Å². The molecule has 0 fully saturated rings. The fourth-order valence-corrected chi connectivity index (χ4v) is 2.01. The maximum absolute atomic E-state index is 12.4. The fourth-order valence-electron chi connectivity index (χ4n) is 1.79. The van der Waals surface area contributed by atoms with Crippen LogP contribution in [0.3, 0.4) is 0 Å². The Kier molecular flexibility index (Phi) is 4.01. The SMILES string of the molecule is Cc1cnn(C(C)(C)C(=O)Nc2ccc(C#N)c(Cl)c2)c1. The number of aryl methyl sites for hydroxylation is 1. The molecule has 0 atom stereocenters. The molecule has 2 rings (SSSR count). The van der Waals surface area contributed by atoms with E-state index in [0.29, 0.717) is 16.3 Å². The first-order valence-corrected chi connectivity index (χ1v) is 6.75. The minimum atomic E-state index is -0.839. The number of halogens is 1. The maximum Gasteiger partial charge on any atom is 0.251 e. The first kappa shape index (κ1) is 15.1. The summed E-state index contributed by atoms with van der Waals surface area (Å²) < 4.78 is 1.61. The smallest absolute Gasteiger partial charge is 0.251 e. The van der Waals surface area contributed by atoms with Crippen LogP contribution in [0.5, 0.6) is 0 Å². The standard InChI is InChI=1S/C15H15ClN4O/c1-10-8-18-20(9-10)15(2,3)14(21)19-12-5-4-11(7-17)13(16)6-12/h4-6,8-9H,1-3H3,(H,19,21). The molecule has 108 valence electrons. The Morgan fingerprint density at radius 1 is 1.48 bits per heavy atom. The number of nitriles is 1. The van der Waals surface area contributed by atoms with Gasteiger partial charge >= 0.3 is 0 Å². The van der Waals surface area contributed by atoms with Gasteiger partial charge in [0.05, 0.1) is 16.8 Å². The number of carbonyl (C=O) groups excluding carboxylic acids is 1. The molecule has 0 unspecified atom stereocenters. The second-order valence-electron chi connectivity index (χ2n) is 5.28. The number of amides is 1. The number of hydrogen-bond acceptors (Lipinski definition) is 3. The molecular weight excluding hydrogens is 288 g/mol. The molecule has 0 spiro atoms. The minimum absolute atomic E-state index is 0.216. The first-order chi connectivity index (χ1) is 9.84. The zero-order valence-electron chi connectivity index (χ0n) is 12.0. The zero-order valence-corrected chi connectivity index (χ0v) is 12.8. The summed E-state index contributed by atoms with van der Waals surface area (Å²) in [4.78, 5) is 12.4. The summed E-state index contributed by atoms with van der Waals surface area (Å²) in [6.07, 6.45) is 3.51. The molecule has 1 amide bonds. The molecular formula is C15H15ClN4O.